The molecule has 93 heavy (non-hydrogen) atoms. The molecule has 3 unspecified atom stereocenters. The minimum Gasteiger partial charge on any atom is -0.756 e. The van der Waals surface area contributed by atoms with E-state index in [1.807, 2.05) is 21.1 Å². The summed E-state index contributed by atoms with van der Waals surface area (Å²) in [7, 11) is 1.29. The average molecular weight is 1310 g/mol. The maximum atomic E-state index is 13.1. The number of quaternary nitrogens is 1. The first-order valence-electron chi connectivity index (χ1n) is 39.0. The highest BCUT2D eigenvalue weighted by Crippen LogP contribution is 2.38. The summed E-state index contributed by atoms with van der Waals surface area (Å²) in [5.41, 5.74) is 0. The van der Waals surface area contributed by atoms with Crippen LogP contribution in [0.1, 0.15) is 341 Å². The van der Waals surface area contributed by atoms with Gasteiger partial charge < -0.3 is 28.8 Å². The van der Waals surface area contributed by atoms with E-state index in [1.165, 1.54) is 193 Å². The molecule has 0 saturated carbocycles. The molecule has 0 saturated heterocycles. The quantitative estimate of drug-likeness (QED) is 0.0272. The van der Waals surface area contributed by atoms with E-state index >= 15 is 0 Å². The predicted molar refractivity (Wildman–Crippen MR) is 408 cm³/mol. The predicted octanol–water partition coefficient (Wildman–Crippen LogP) is 25.1. The van der Waals surface area contributed by atoms with E-state index in [-0.39, 0.29) is 19.1 Å². The minimum absolute atomic E-state index is 0.00429. The number of aliphatic hydroxyl groups excluding tert-OH is 1. The second kappa shape index (κ2) is 72.9. The fourth-order valence-electron chi connectivity index (χ4n) is 11.2. The number of hydrogen-bond donors (Lipinski definition) is 2. The topological polar surface area (TPSA) is 108 Å². The third-order valence-electron chi connectivity index (χ3n) is 17.2. The Morgan fingerprint density at radius 2 is 0.656 bits per heavy atom. The highest BCUT2D eigenvalue weighted by molar-refractivity contribution is 7.45. The number of hydrogen-bond acceptors (Lipinski definition) is 6. The van der Waals surface area contributed by atoms with E-state index in [0.717, 1.165) is 122 Å². The van der Waals surface area contributed by atoms with Gasteiger partial charge in [-0.2, -0.15) is 0 Å². The number of amides is 1. The molecule has 2 N–H and O–H groups in total. The highest BCUT2D eigenvalue weighted by Gasteiger charge is 2.24. The van der Waals surface area contributed by atoms with Crippen molar-refractivity contribution in [2.75, 3.05) is 40.9 Å². The fourth-order valence-corrected chi connectivity index (χ4v) is 11.9. The molecular formula is C84H149N2O6P. The lowest BCUT2D eigenvalue weighted by Crippen LogP contribution is -2.46. The monoisotopic (exact) mass is 1310 g/mol. The van der Waals surface area contributed by atoms with Crippen molar-refractivity contribution in [3.63, 3.8) is 0 Å². The van der Waals surface area contributed by atoms with Gasteiger partial charge in [0.05, 0.1) is 39.9 Å². The van der Waals surface area contributed by atoms with Crippen molar-refractivity contribution in [1.29, 1.82) is 0 Å². The Labute approximate surface area is 576 Å². The molecule has 0 aliphatic carbocycles. The van der Waals surface area contributed by atoms with E-state index in [2.05, 4.69) is 153 Å². The number of likely N-dealkylation sites (N-methyl/N-ethyl adjacent to an activating group) is 1. The minimum atomic E-state index is -4.60. The van der Waals surface area contributed by atoms with Gasteiger partial charge in [-0.1, -0.05) is 372 Å². The molecule has 0 bridgehead atoms. The molecule has 0 fully saturated rings. The van der Waals surface area contributed by atoms with Gasteiger partial charge in [0.25, 0.3) is 7.82 Å². The summed E-state index contributed by atoms with van der Waals surface area (Å²) in [6.45, 7) is 4.63. The van der Waals surface area contributed by atoms with Crippen molar-refractivity contribution in [1.82, 2.24) is 5.32 Å². The number of allylic oxidation sites excluding steroid dienone is 22. The van der Waals surface area contributed by atoms with Gasteiger partial charge in [-0.25, -0.2) is 0 Å². The van der Waals surface area contributed by atoms with Gasteiger partial charge in [0.1, 0.15) is 13.2 Å². The molecular weight excluding hydrogens is 1160 g/mol. The van der Waals surface area contributed by atoms with E-state index in [1.54, 1.807) is 0 Å². The molecule has 8 nitrogen and oxygen atoms in total. The van der Waals surface area contributed by atoms with Crippen molar-refractivity contribution < 1.29 is 32.9 Å². The first-order valence-corrected chi connectivity index (χ1v) is 40.5. The van der Waals surface area contributed by atoms with Crippen LogP contribution in [0.25, 0.3) is 0 Å². The standard InChI is InChI=1S/C84H149N2O6P/c1-6-8-10-12-14-16-18-20-22-24-26-28-30-32-34-36-38-39-40-41-42-43-44-45-46-47-48-50-52-54-56-58-60-62-64-66-68-70-72-74-76-78-84(88)85-82(81-92-93(89,90)91-80-79-86(3,4)5)83(87)77-75-73-71-69-67-65-63-61-59-57-55-53-51-49-37-35-33-31-29-27-25-23-21-19-17-15-13-11-9-7-2/h8,10,14,16,20,22,26,28,32,34,38-39,41-42,44-45,47-48,52,54,58,60,82-83,87H,6-7,9,11-13,15,17-19,21,23-25,27,29-31,33,35-37,40,43,46,49-51,53,55-57,59,61-81H2,1-5H3,(H-,85,88,89,90)/b10-8-,16-14-,22-20-,28-26-,34-32-,39-38-,42-41-,45-44-,48-47-,54-52-,60-58-. The maximum Gasteiger partial charge on any atom is 0.268 e. The number of phosphoric ester groups is 1. The molecule has 0 radical (unpaired) electrons. The average Bonchev–Trinajstić information content (AvgIpc) is 2.75. The van der Waals surface area contributed by atoms with Gasteiger partial charge in [0.15, 0.2) is 0 Å². The molecule has 3 atom stereocenters. The van der Waals surface area contributed by atoms with Gasteiger partial charge in [-0.3, -0.25) is 9.36 Å². The smallest absolute Gasteiger partial charge is 0.268 e. The summed E-state index contributed by atoms with van der Waals surface area (Å²) >= 11 is 0. The van der Waals surface area contributed by atoms with Crippen LogP contribution in [0.15, 0.2) is 134 Å². The van der Waals surface area contributed by atoms with Gasteiger partial charge in [-0.05, 0) is 96.3 Å². The highest BCUT2D eigenvalue weighted by atomic mass is 31.2. The molecule has 0 aromatic rings. The Hall–Kier alpha value is -3.36. The van der Waals surface area contributed by atoms with Crippen molar-refractivity contribution >= 4 is 13.7 Å². The fraction of sp³-hybridized carbons (Fsp3) is 0.726. The largest absolute Gasteiger partial charge is 0.756 e. The first-order chi connectivity index (χ1) is 45.5. The summed E-state index contributed by atoms with van der Waals surface area (Å²) in [6, 6.07) is -0.818. The van der Waals surface area contributed by atoms with Crippen LogP contribution in [0.3, 0.4) is 0 Å². The van der Waals surface area contributed by atoms with Gasteiger partial charge in [0.2, 0.25) is 5.91 Å². The molecule has 0 aliphatic rings. The lowest BCUT2D eigenvalue weighted by Gasteiger charge is -2.30. The third-order valence-corrected chi connectivity index (χ3v) is 18.1. The van der Waals surface area contributed by atoms with E-state index in [9.17, 15) is 19.4 Å². The number of aliphatic hydroxyl groups is 1. The molecule has 0 aliphatic heterocycles. The van der Waals surface area contributed by atoms with Crippen LogP contribution in [0.2, 0.25) is 0 Å². The summed E-state index contributed by atoms with van der Waals surface area (Å²) in [5.74, 6) is -0.176. The van der Waals surface area contributed by atoms with E-state index in [0.29, 0.717) is 23.9 Å². The van der Waals surface area contributed by atoms with Crippen LogP contribution in [-0.4, -0.2) is 68.5 Å². The van der Waals surface area contributed by atoms with Crippen molar-refractivity contribution in [2.45, 2.75) is 353 Å². The Morgan fingerprint density at radius 1 is 0.387 bits per heavy atom. The summed E-state index contributed by atoms with van der Waals surface area (Å²) in [6.07, 6.45) is 110. The normalized spacial score (nSPS) is 14.3. The van der Waals surface area contributed by atoms with Crippen molar-refractivity contribution in [2.24, 2.45) is 0 Å². The second-order valence-corrected chi connectivity index (χ2v) is 28.7. The summed E-state index contributed by atoms with van der Waals surface area (Å²) < 4.78 is 23.6. The number of nitrogens with one attached hydrogen (secondary N) is 1. The van der Waals surface area contributed by atoms with Crippen LogP contribution in [0.4, 0.5) is 0 Å². The third kappa shape index (κ3) is 75.9. The molecule has 0 heterocycles. The lowest BCUT2D eigenvalue weighted by atomic mass is 10.0. The molecule has 536 valence electrons. The number of unbranched alkanes of at least 4 members (excludes halogenated alkanes) is 36. The molecule has 0 rings (SSSR count). The maximum absolute atomic E-state index is 13.1. The van der Waals surface area contributed by atoms with Crippen molar-refractivity contribution in [3.8, 4) is 0 Å². The van der Waals surface area contributed by atoms with Gasteiger partial charge in [0, 0.05) is 6.42 Å². The molecule has 9 heteroatoms. The summed E-state index contributed by atoms with van der Waals surface area (Å²) in [4.78, 5) is 25.7. The zero-order valence-electron chi connectivity index (χ0n) is 61.4. The second-order valence-electron chi connectivity index (χ2n) is 27.3. The first kappa shape index (κ1) is 89.6. The van der Waals surface area contributed by atoms with Crippen LogP contribution >= 0.6 is 7.82 Å². The summed E-state index contributed by atoms with van der Waals surface area (Å²) in [5, 5.41) is 14.1. The van der Waals surface area contributed by atoms with Crippen LogP contribution in [0.5, 0.6) is 0 Å². The zero-order chi connectivity index (χ0) is 67.6. The number of carbonyl (C=O) groups excluding carboxylic acids is 1. The van der Waals surface area contributed by atoms with Gasteiger partial charge in [-0.15, -0.1) is 0 Å². The van der Waals surface area contributed by atoms with Crippen LogP contribution in [-0.2, 0) is 18.4 Å². The van der Waals surface area contributed by atoms with Crippen LogP contribution in [0, 0.1) is 0 Å². The number of nitrogens with zero attached hydrogens (tertiary/aromatic N) is 1. The van der Waals surface area contributed by atoms with E-state index in [4.69, 9.17) is 9.05 Å². The zero-order valence-corrected chi connectivity index (χ0v) is 62.3. The van der Waals surface area contributed by atoms with Crippen LogP contribution < -0.4 is 10.2 Å². The van der Waals surface area contributed by atoms with E-state index < -0.39 is 20.0 Å². The Bertz CT molecular complexity index is 1990. The Morgan fingerprint density at radius 3 is 0.957 bits per heavy atom. The Kier molecular flexibility index (Phi) is 70.3. The molecule has 0 aromatic carbocycles. The molecule has 1 amide bonds. The van der Waals surface area contributed by atoms with Gasteiger partial charge >= 0.3 is 0 Å². The number of phosphoric acid groups is 1. The SMILES string of the molecule is CC/C=C\C/C=C\C/C=C\C/C=C\C/C=C\C/C=C\C/C=C\C/C=C\C/C=C\C/C=C\C/C=C\CCCCCCCCCC(=O)NC(COP(=O)([O-])OCC[N+](C)(C)C)C(O)CCCCCCCCCCCCCCCCCCCCCCCCCCCCCCCC. The van der Waals surface area contributed by atoms with Crippen molar-refractivity contribution in [3.05, 3.63) is 134 Å². The molecule has 0 aromatic heterocycles. The number of carbonyl (C=O) groups is 1. The molecule has 0 spiro atoms. The Balaban J connectivity index is 4.08. The lowest BCUT2D eigenvalue weighted by molar-refractivity contribution is -0.870. The number of rotatable bonds is 71.